The number of rotatable bonds is 4. The van der Waals surface area contributed by atoms with E-state index in [1.54, 1.807) is 12.1 Å². The van der Waals surface area contributed by atoms with Gasteiger partial charge >= 0.3 is 185 Å². The van der Waals surface area contributed by atoms with Crippen molar-refractivity contribution in [2.75, 3.05) is 14.2 Å². The first-order valence-corrected chi connectivity index (χ1v) is 13.6. The van der Waals surface area contributed by atoms with Gasteiger partial charge in [-0.25, -0.2) is 0 Å². The summed E-state index contributed by atoms with van der Waals surface area (Å²) in [5.41, 5.74) is 3.37. The zero-order valence-corrected chi connectivity index (χ0v) is 19.0. The van der Waals surface area contributed by atoms with Crippen molar-refractivity contribution in [1.29, 1.82) is 0 Å². The fraction of sp³-hybridized carbons (Fsp3) is 0.250. The predicted octanol–water partition coefficient (Wildman–Crippen LogP) is 5.31. The first kappa shape index (κ1) is 21.9. The Hall–Kier alpha value is -2.79. The van der Waals surface area contributed by atoms with Crippen LogP contribution in [0.1, 0.15) is 46.3 Å². The summed E-state index contributed by atoms with van der Waals surface area (Å²) < 4.78 is 8.17. The number of amides is 1. The number of hydrogen-bond acceptors (Lipinski definition) is 3. The molecule has 156 valence electrons. The monoisotopic (exact) mass is 517 g/mol. The fourth-order valence-corrected chi connectivity index (χ4v) is 7.13. The van der Waals surface area contributed by atoms with Gasteiger partial charge in [0.2, 0.25) is 0 Å². The van der Waals surface area contributed by atoms with Crippen LogP contribution in [0.15, 0.2) is 43.0 Å². The number of carboxylic acids is 1. The number of fused-ring (bicyclic) bond motifs is 1. The van der Waals surface area contributed by atoms with Crippen LogP contribution in [0.5, 0.6) is 5.75 Å². The molecule has 0 unspecified atom stereocenters. The predicted molar refractivity (Wildman–Crippen MR) is 128 cm³/mol. The summed E-state index contributed by atoms with van der Waals surface area (Å²) in [6, 6.07) is 10.7. The van der Waals surface area contributed by atoms with Crippen LogP contribution in [-0.4, -0.2) is 25.8 Å². The Bertz CT molecular complexity index is 1040. The molecule has 3 rings (SSSR count). The third-order valence-electron chi connectivity index (χ3n) is 4.52. The Morgan fingerprint density at radius 3 is 2.87 bits per heavy atom. The van der Waals surface area contributed by atoms with Crippen LogP contribution in [0.25, 0.3) is 6.08 Å². The molecule has 1 aliphatic heterocycles. The summed E-state index contributed by atoms with van der Waals surface area (Å²) in [5.74, 6) is 5.91. The van der Waals surface area contributed by atoms with E-state index in [9.17, 15) is 14.7 Å². The molecule has 0 bridgehead atoms. The van der Waals surface area contributed by atoms with Gasteiger partial charge in [-0.15, -0.1) is 0 Å². The molecule has 0 radical (unpaired) electrons. The molecule has 5 nitrogen and oxygen atoms in total. The van der Waals surface area contributed by atoms with Gasteiger partial charge in [0.15, 0.2) is 0 Å². The number of nitrogens with one attached hydrogen (secondary N) is 1. The van der Waals surface area contributed by atoms with Gasteiger partial charge in [0, 0.05) is 0 Å². The molecule has 30 heavy (non-hydrogen) atoms. The van der Waals surface area contributed by atoms with Crippen molar-refractivity contribution in [2.24, 2.45) is 0 Å². The molecular formula is C24H24INO4. The maximum absolute atomic E-state index is 12.4. The van der Waals surface area contributed by atoms with Crippen molar-refractivity contribution >= 4 is 43.9 Å². The van der Waals surface area contributed by atoms with Gasteiger partial charge in [0.1, 0.15) is 0 Å². The first-order valence-electron chi connectivity index (χ1n) is 9.65. The summed E-state index contributed by atoms with van der Waals surface area (Å²) in [7, 11) is 0. The van der Waals surface area contributed by atoms with Crippen molar-refractivity contribution in [3.8, 4) is 17.6 Å². The number of alkyl halides is 2. The summed E-state index contributed by atoms with van der Waals surface area (Å²) >= 11 is -1.83. The molecule has 0 fully saturated rings. The molecule has 2 N–H and O–H groups in total. The Labute approximate surface area is 184 Å². The van der Waals surface area contributed by atoms with Crippen molar-refractivity contribution in [3.05, 3.63) is 65.2 Å². The van der Waals surface area contributed by atoms with E-state index in [0.29, 0.717) is 24.1 Å². The third-order valence-corrected chi connectivity index (χ3v) is 9.33. The zero-order valence-electron chi connectivity index (χ0n) is 16.8. The van der Waals surface area contributed by atoms with Crippen LogP contribution in [-0.2, 0) is 4.79 Å². The number of carboxylic acid groups (broad SMARTS) is 1. The van der Waals surface area contributed by atoms with Crippen LogP contribution < -0.4 is 8.38 Å². The summed E-state index contributed by atoms with van der Waals surface area (Å²) in [6.45, 7) is 5.92. The molecule has 0 aromatic heterocycles. The SMILES string of the molecule is C=Cc1cc(C)ccc1OI1CCC#Cc2cc(C(=O)O)ccc2NC(=O)CCC1. The number of halogens is 1. The van der Waals surface area contributed by atoms with E-state index in [0.717, 1.165) is 32.2 Å². The number of aryl methyl sites for hydroxylation is 1. The second-order valence-corrected chi connectivity index (χ2v) is 11.8. The molecule has 0 spiro atoms. The van der Waals surface area contributed by atoms with Crippen molar-refractivity contribution < 1.29 is 17.8 Å². The van der Waals surface area contributed by atoms with E-state index in [4.69, 9.17) is 3.07 Å². The number of aromatic carboxylic acids is 1. The first-order chi connectivity index (χ1) is 14.5. The normalized spacial score (nSPS) is 15.4. The van der Waals surface area contributed by atoms with Crippen LogP contribution in [0, 0.1) is 18.8 Å². The Balaban J connectivity index is 1.81. The van der Waals surface area contributed by atoms with Gasteiger partial charge in [-0.2, -0.15) is 0 Å². The van der Waals surface area contributed by atoms with Gasteiger partial charge in [0.05, 0.1) is 0 Å². The van der Waals surface area contributed by atoms with Gasteiger partial charge in [0.25, 0.3) is 0 Å². The van der Waals surface area contributed by atoms with E-state index >= 15 is 0 Å². The molecule has 0 aliphatic carbocycles. The topological polar surface area (TPSA) is 75.6 Å². The standard InChI is InChI=1S/C24H24INO4/c1-3-18-15-17(2)9-12-22(18)30-25-13-5-4-7-19-16-20(24(28)29)10-11-21(19)26-23(27)8-6-14-25/h3,9-12,15-16H,1,5-6,8,13-14H2,2H3,(H,26,27)(H,28,29). The molecule has 0 saturated heterocycles. The maximum atomic E-state index is 12.4. The van der Waals surface area contributed by atoms with Crippen molar-refractivity contribution in [3.63, 3.8) is 0 Å². The van der Waals surface area contributed by atoms with E-state index in [-0.39, 0.29) is 11.5 Å². The fourth-order valence-electron chi connectivity index (χ4n) is 2.98. The summed E-state index contributed by atoms with van der Waals surface area (Å²) in [5, 5.41) is 12.1. The molecule has 6 heteroatoms. The quantitative estimate of drug-likeness (QED) is 0.328. The summed E-state index contributed by atoms with van der Waals surface area (Å²) in [6.07, 6.45) is 3.62. The molecule has 0 saturated carbocycles. The molecule has 2 aromatic carbocycles. The second kappa shape index (κ2) is 10.3. The van der Waals surface area contributed by atoms with Crippen molar-refractivity contribution in [1.82, 2.24) is 0 Å². The average Bonchev–Trinajstić information content (AvgIpc) is 2.71. The Kier molecular flexibility index (Phi) is 7.52. The molecule has 1 heterocycles. The van der Waals surface area contributed by atoms with E-state index in [2.05, 4.69) is 29.8 Å². The van der Waals surface area contributed by atoms with Gasteiger partial charge < -0.3 is 0 Å². The molecule has 2 aromatic rings. The summed E-state index contributed by atoms with van der Waals surface area (Å²) in [4.78, 5) is 23.6. The second-order valence-electron chi connectivity index (χ2n) is 6.88. The minimum absolute atomic E-state index is 0.0976. The molecule has 1 amide bonds. The average molecular weight is 517 g/mol. The van der Waals surface area contributed by atoms with Crippen molar-refractivity contribution in [2.45, 2.75) is 26.2 Å². The van der Waals surface area contributed by atoms with Gasteiger partial charge in [-0.3, -0.25) is 0 Å². The van der Waals surface area contributed by atoms with Crippen LogP contribution >= 0.6 is 20.2 Å². The Morgan fingerprint density at radius 2 is 2.10 bits per heavy atom. The number of hydrogen-bond donors (Lipinski definition) is 2. The number of benzene rings is 2. The minimum atomic E-state index is -1.83. The van der Waals surface area contributed by atoms with Gasteiger partial charge in [-0.1, -0.05) is 0 Å². The Morgan fingerprint density at radius 1 is 1.27 bits per heavy atom. The van der Waals surface area contributed by atoms with Crippen LogP contribution in [0.3, 0.4) is 0 Å². The number of carbonyl (C=O) groups excluding carboxylic acids is 1. The van der Waals surface area contributed by atoms with E-state index in [1.165, 1.54) is 12.1 Å². The van der Waals surface area contributed by atoms with E-state index in [1.807, 2.05) is 19.1 Å². The number of carbonyl (C=O) groups is 2. The number of anilines is 1. The van der Waals surface area contributed by atoms with Crippen LogP contribution in [0.2, 0.25) is 0 Å². The third kappa shape index (κ3) is 5.86. The van der Waals surface area contributed by atoms with E-state index < -0.39 is 26.2 Å². The molecular weight excluding hydrogens is 493 g/mol. The van der Waals surface area contributed by atoms with Gasteiger partial charge in [-0.05, 0) is 0 Å². The molecule has 1 aliphatic rings. The zero-order chi connectivity index (χ0) is 21.5. The van der Waals surface area contributed by atoms with Crippen LogP contribution in [0.4, 0.5) is 5.69 Å². The molecule has 0 atom stereocenters.